The van der Waals surface area contributed by atoms with E-state index in [1.807, 2.05) is 4.90 Å². The van der Waals surface area contributed by atoms with E-state index >= 15 is 0 Å². The van der Waals surface area contributed by atoms with E-state index in [0.717, 1.165) is 31.3 Å². The first-order chi connectivity index (χ1) is 11.0. The van der Waals surface area contributed by atoms with Crippen molar-refractivity contribution < 1.29 is 4.79 Å². The molecule has 7 nitrogen and oxygen atoms in total. The van der Waals surface area contributed by atoms with Crippen molar-refractivity contribution in [3.63, 3.8) is 0 Å². The molecule has 3 heterocycles. The van der Waals surface area contributed by atoms with Crippen LogP contribution < -0.4 is 10.9 Å². The quantitative estimate of drug-likeness (QED) is 0.855. The predicted octanol–water partition coefficient (Wildman–Crippen LogP) is 1.51. The average molecular weight is 380 g/mol. The Balaban J connectivity index is 1.79. The van der Waals surface area contributed by atoms with Crippen molar-refractivity contribution in [3.8, 4) is 0 Å². The molecule has 1 amide bonds. The molecule has 8 heteroatoms. The monoisotopic (exact) mass is 379 g/mol. The molecule has 1 saturated heterocycles. The number of anilines is 1. The van der Waals surface area contributed by atoms with Crippen molar-refractivity contribution >= 4 is 38.8 Å². The summed E-state index contributed by atoms with van der Waals surface area (Å²) in [5, 5.41) is 4.11. The van der Waals surface area contributed by atoms with Gasteiger partial charge in [-0.3, -0.25) is 14.2 Å². The smallest absolute Gasteiger partial charge is 0.266 e. The van der Waals surface area contributed by atoms with Crippen molar-refractivity contribution in [2.24, 2.45) is 7.05 Å². The number of rotatable bonds is 2. The maximum Gasteiger partial charge on any atom is 0.266 e. The normalized spacial score (nSPS) is 15.9. The fourth-order valence-electron chi connectivity index (χ4n) is 2.80. The molecule has 1 fully saturated rings. The van der Waals surface area contributed by atoms with Crippen molar-refractivity contribution in [1.82, 2.24) is 19.4 Å². The number of likely N-dealkylation sites (tertiary alicyclic amines) is 1. The second-order valence-corrected chi connectivity index (χ2v) is 6.61. The minimum absolute atomic E-state index is 0.117. The van der Waals surface area contributed by atoms with Crippen LogP contribution in [0.2, 0.25) is 0 Å². The number of pyridine rings is 1. The van der Waals surface area contributed by atoms with Crippen LogP contribution in [-0.4, -0.2) is 44.5 Å². The molecule has 2 aromatic heterocycles. The number of nitrogens with one attached hydrogen (secondary N) is 1. The van der Waals surface area contributed by atoms with Crippen LogP contribution in [0, 0.1) is 0 Å². The summed E-state index contributed by atoms with van der Waals surface area (Å²) in [7, 11) is 1.69. The van der Waals surface area contributed by atoms with E-state index in [9.17, 15) is 9.59 Å². The van der Waals surface area contributed by atoms with Crippen LogP contribution in [0.15, 0.2) is 21.5 Å². The van der Waals surface area contributed by atoms with Gasteiger partial charge in [-0.1, -0.05) is 0 Å². The molecule has 0 aromatic carbocycles. The predicted molar refractivity (Wildman–Crippen MR) is 91.4 cm³/mol. The van der Waals surface area contributed by atoms with E-state index in [-0.39, 0.29) is 17.5 Å². The molecule has 3 rings (SSSR count). The zero-order valence-electron chi connectivity index (χ0n) is 13.0. The van der Waals surface area contributed by atoms with Crippen LogP contribution in [0.5, 0.6) is 0 Å². The Labute approximate surface area is 141 Å². The highest BCUT2D eigenvalue weighted by molar-refractivity contribution is 9.10. The van der Waals surface area contributed by atoms with Gasteiger partial charge in [-0.15, -0.1) is 0 Å². The van der Waals surface area contributed by atoms with Crippen LogP contribution in [0.1, 0.15) is 19.8 Å². The van der Waals surface area contributed by atoms with Gasteiger partial charge in [0.15, 0.2) is 0 Å². The molecular formula is C15H18BrN5O2. The lowest BCUT2D eigenvalue weighted by Crippen LogP contribution is -2.41. The molecule has 1 aliphatic rings. The summed E-state index contributed by atoms with van der Waals surface area (Å²) in [5.74, 6) is 0.627. The molecule has 0 radical (unpaired) electrons. The van der Waals surface area contributed by atoms with E-state index in [1.165, 1.54) is 4.57 Å². The van der Waals surface area contributed by atoms with Gasteiger partial charge in [-0.05, 0) is 34.8 Å². The number of fused-ring (bicyclic) bond motifs is 1. The number of aryl methyl sites for hydroxylation is 1. The van der Waals surface area contributed by atoms with Gasteiger partial charge in [0, 0.05) is 44.7 Å². The third kappa shape index (κ3) is 3.21. The summed E-state index contributed by atoms with van der Waals surface area (Å²) in [6, 6.07) is 1.96. The Morgan fingerprint density at radius 2 is 2.09 bits per heavy atom. The maximum atomic E-state index is 12.0. The second kappa shape index (κ2) is 6.27. The first-order valence-electron chi connectivity index (χ1n) is 7.50. The largest absolute Gasteiger partial charge is 0.351 e. The molecule has 2 aromatic rings. The second-order valence-electron chi connectivity index (χ2n) is 5.75. The van der Waals surface area contributed by atoms with E-state index in [2.05, 4.69) is 31.2 Å². The van der Waals surface area contributed by atoms with E-state index < -0.39 is 0 Å². The molecule has 0 aliphatic carbocycles. The first-order valence-corrected chi connectivity index (χ1v) is 8.29. The molecule has 0 spiro atoms. The minimum atomic E-state index is -0.128. The van der Waals surface area contributed by atoms with Gasteiger partial charge in [0.05, 0.1) is 4.47 Å². The fourth-order valence-corrected chi connectivity index (χ4v) is 3.31. The summed E-state index contributed by atoms with van der Waals surface area (Å²) in [6.07, 6.45) is 3.43. The van der Waals surface area contributed by atoms with Gasteiger partial charge in [0.2, 0.25) is 11.9 Å². The average Bonchev–Trinajstić information content (AvgIpc) is 2.54. The Hall–Kier alpha value is -1.96. The summed E-state index contributed by atoms with van der Waals surface area (Å²) >= 11 is 3.25. The molecule has 122 valence electrons. The number of piperidine rings is 1. The molecular weight excluding hydrogens is 362 g/mol. The number of halogens is 1. The Kier molecular flexibility index (Phi) is 4.34. The first kappa shape index (κ1) is 15.9. The minimum Gasteiger partial charge on any atom is -0.351 e. The molecule has 23 heavy (non-hydrogen) atoms. The van der Waals surface area contributed by atoms with Gasteiger partial charge in [-0.2, -0.15) is 4.98 Å². The van der Waals surface area contributed by atoms with Crippen molar-refractivity contribution in [2.75, 3.05) is 18.4 Å². The number of carbonyl (C=O) groups is 1. The lowest BCUT2D eigenvalue weighted by molar-refractivity contribution is -0.129. The summed E-state index contributed by atoms with van der Waals surface area (Å²) < 4.78 is 2.00. The topological polar surface area (TPSA) is 80.1 Å². The lowest BCUT2D eigenvalue weighted by atomic mass is 10.1. The Bertz CT molecular complexity index is 811. The standard InChI is InChI=1S/C15H18BrN5O2/c1-9(22)21-5-3-11(4-6-21)18-15-17-8-10-7-12(16)14(23)20(2)13(10)19-15/h7-8,11H,3-6H2,1-2H3,(H,17,18,19). The third-order valence-electron chi connectivity index (χ3n) is 4.18. The van der Waals surface area contributed by atoms with Crippen LogP contribution in [0.4, 0.5) is 5.95 Å². The fraction of sp³-hybridized carbons (Fsp3) is 0.467. The third-order valence-corrected chi connectivity index (χ3v) is 4.75. The number of hydrogen-bond acceptors (Lipinski definition) is 5. The van der Waals surface area contributed by atoms with Crippen LogP contribution in [-0.2, 0) is 11.8 Å². The van der Waals surface area contributed by atoms with Gasteiger partial charge < -0.3 is 10.2 Å². The van der Waals surface area contributed by atoms with Crippen molar-refractivity contribution in [1.29, 1.82) is 0 Å². The Morgan fingerprint density at radius 3 is 2.74 bits per heavy atom. The van der Waals surface area contributed by atoms with E-state index in [4.69, 9.17) is 0 Å². The zero-order chi connectivity index (χ0) is 16.6. The van der Waals surface area contributed by atoms with Gasteiger partial charge in [-0.25, -0.2) is 4.98 Å². The van der Waals surface area contributed by atoms with Crippen molar-refractivity contribution in [2.45, 2.75) is 25.8 Å². The lowest BCUT2D eigenvalue weighted by Gasteiger charge is -2.31. The van der Waals surface area contributed by atoms with Crippen LogP contribution in [0.25, 0.3) is 11.0 Å². The summed E-state index contributed by atoms with van der Waals surface area (Å²) in [5.41, 5.74) is 0.466. The van der Waals surface area contributed by atoms with Crippen LogP contribution >= 0.6 is 15.9 Å². The number of amides is 1. The molecule has 0 saturated carbocycles. The highest BCUT2D eigenvalue weighted by Crippen LogP contribution is 2.18. The van der Waals surface area contributed by atoms with E-state index in [1.54, 1.807) is 26.2 Å². The molecule has 0 bridgehead atoms. The number of aromatic nitrogens is 3. The number of nitrogens with zero attached hydrogens (tertiary/aromatic N) is 4. The zero-order valence-corrected chi connectivity index (χ0v) is 14.6. The summed E-state index contributed by atoms with van der Waals surface area (Å²) in [6.45, 7) is 3.08. The highest BCUT2D eigenvalue weighted by atomic mass is 79.9. The number of hydrogen-bond donors (Lipinski definition) is 1. The molecule has 0 unspecified atom stereocenters. The molecule has 1 N–H and O–H groups in total. The molecule has 1 aliphatic heterocycles. The van der Waals surface area contributed by atoms with Crippen molar-refractivity contribution in [3.05, 3.63) is 27.1 Å². The maximum absolute atomic E-state index is 12.0. The van der Waals surface area contributed by atoms with Gasteiger partial charge in [0.25, 0.3) is 5.56 Å². The molecule has 0 atom stereocenters. The Morgan fingerprint density at radius 1 is 1.39 bits per heavy atom. The number of carbonyl (C=O) groups excluding carboxylic acids is 1. The van der Waals surface area contributed by atoms with Gasteiger partial charge >= 0.3 is 0 Å². The SMILES string of the molecule is CC(=O)N1CCC(Nc2ncc3cc(Br)c(=O)n(C)c3n2)CC1. The summed E-state index contributed by atoms with van der Waals surface area (Å²) in [4.78, 5) is 34.0. The van der Waals surface area contributed by atoms with Crippen LogP contribution in [0.3, 0.4) is 0 Å². The van der Waals surface area contributed by atoms with Gasteiger partial charge in [0.1, 0.15) is 5.65 Å². The highest BCUT2D eigenvalue weighted by Gasteiger charge is 2.21. The van der Waals surface area contributed by atoms with E-state index in [0.29, 0.717) is 16.1 Å².